The topological polar surface area (TPSA) is 52.8 Å². The summed E-state index contributed by atoms with van der Waals surface area (Å²) in [5.41, 5.74) is -0.0804. The molecule has 0 bridgehead atoms. The van der Waals surface area contributed by atoms with Crippen LogP contribution < -0.4 is 4.90 Å². The van der Waals surface area contributed by atoms with Crippen molar-refractivity contribution in [2.75, 3.05) is 11.4 Å². The zero-order valence-corrected chi connectivity index (χ0v) is 13.2. The Morgan fingerprint density at radius 2 is 2.11 bits per heavy atom. The quantitative estimate of drug-likeness (QED) is 0.797. The molecule has 1 fully saturated rings. The maximum atomic E-state index is 8.78. The molecule has 0 aliphatic heterocycles. The van der Waals surface area contributed by atoms with Crippen LogP contribution in [0.4, 0.5) is 5.82 Å². The van der Waals surface area contributed by atoms with E-state index in [0.29, 0.717) is 12.5 Å². The minimum Gasteiger partial charge on any atom is -0.352 e. The molecule has 4 nitrogen and oxygen atoms in total. The summed E-state index contributed by atoms with van der Waals surface area (Å²) in [5.74, 6) is 1.77. The fourth-order valence-corrected chi connectivity index (χ4v) is 2.30. The summed E-state index contributed by atoms with van der Waals surface area (Å²) in [6, 6.07) is 4.71. The van der Waals surface area contributed by atoms with Crippen molar-refractivity contribution in [1.29, 1.82) is 5.26 Å². The Morgan fingerprint density at radius 3 is 2.63 bits per heavy atom. The number of halogens is 1. The highest BCUT2D eigenvalue weighted by Gasteiger charge is 2.31. The maximum Gasteiger partial charge on any atom is 0.137 e. The van der Waals surface area contributed by atoms with Gasteiger partial charge in [-0.2, -0.15) is 5.26 Å². The number of rotatable bonds is 4. The van der Waals surface area contributed by atoms with Gasteiger partial charge in [-0.15, -0.1) is 0 Å². The highest BCUT2D eigenvalue weighted by Crippen LogP contribution is 2.32. The van der Waals surface area contributed by atoms with Crippen LogP contribution in [0, 0.1) is 11.3 Å². The van der Waals surface area contributed by atoms with Crippen molar-refractivity contribution in [3.63, 3.8) is 0 Å². The Morgan fingerprint density at radius 1 is 1.42 bits per heavy atom. The monoisotopic (exact) mass is 322 g/mol. The lowest BCUT2D eigenvalue weighted by Crippen LogP contribution is -2.29. The Kier molecular flexibility index (Phi) is 4.10. The van der Waals surface area contributed by atoms with E-state index >= 15 is 0 Å². The number of nitriles is 1. The van der Waals surface area contributed by atoms with Gasteiger partial charge in [0.1, 0.15) is 16.2 Å². The molecule has 1 aromatic rings. The summed E-state index contributed by atoms with van der Waals surface area (Å²) in [5, 5.41) is 8.78. The van der Waals surface area contributed by atoms with Crippen molar-refractivity contribution in [1.82, 2.24) is 9.97 Å². The Balaban J connectivity index is 2.31. The van der Waals surface area contributed by atoms with Gasteiger partial charge >= 0.3 is 0 Å². The number of hydrogen-bond acceptors (Lipinski definition) is 4. The van der Waals surface area contributed by atoms with E-state index < -0.39 is 0 Å². The molecular formula is C14H19BrN4. The summed E-state index contributed by atoms with van der Waals surface area (Å²) in [6.07, 6.45) is 2.92. The second-order valence-corrected chi connectivity index (χ2v) is 6.77. The van der Waals surface area contributed by atoms with Crippen LogP contribution in [0.15, 0.2) is 10.7 Å². The molecule has 2 rings (SSSR count). The first-order chi connectivity index (χ1) is 8.91. The molecule has 0 atom stereocenters. The van der Waals surface area contributed by atoms with E-state index in [1.807, 2.05) is 6.07 Å². The van der Waals surface area contributed by atoms with Gasteiger partial charge in [-0.05, 0) is 28.8 Å². The summed E-state index contributed by atoms with van der Waals surface area (Å²) >= 11 is 3.47. The number of nitrogens with zero attached hydrogens (tertiary/aromatic N) is 4. The van der Waals surface area contributed by atoms with Crippen LogP contribution in [0.3, 0.4) is 0 Å². The molecule has 102 valence electrons. The Labute approximate surface area is 123 Å². The molecule has 5 heteroatoms. The van der Waals surface area contributed by atoms with E-state index in [2.05, 4.69) is 52.7 Å². The van der Waals surface area contributed by atoms with Gasteiger partial charge in [-0.3, -0.25) is 0 Å². The molecule has 0 amide bonds. The molecule has 0 aromatic carbocycles. The number of aromatic nitrogens is 2. The largest absolute Gasteiger partial charge is 0.352 e. The van der Waals surface area contributed by atoms with Gasteiger partial charge in [0.25, 0.3) is 0 Å². The third-order valence-corrected chi connectivity index (χ3v) is 3.50. The summed E-state index contributed by atoms with van der Waals surface area (Å²) < 4.78 is 0.810. The lowest BCUT2D eigenvalue weighted by atomic mass is 9.96. The molecule has 0 radical (unpaired) electrons. The van der Waals surface area contributed by atoms with Crippen molar-refractivity contribution in [3.05, 3.63) is 16.5 Å². The van der Waals surface area contributed by atoms with Crippen LogP contribution in [0.25, 0.3) is 0 Å². The summed E-state index contributed by atoms with van der Waals surface area (Å²) in [4.78, 5) is 11.4. The smallest absolute Gasteiger partial charge is 0.137 e. The second-order valence-electron chi connectivity index (χ2n) is 5.96. The van der Waals surface area contributed by atoms with Crippen molar-refractivity contribution in [2.24, 2.45) is 0 Å². The average molecular weight is 323 g/mol. The van der Waals surface area contributed by atoms with Crippen LogP contribution in [0.2, 0.25) is 0 Å². The van der Waals surface area contributed by atoms with Crippen LogP contribution >= 0.6 is 15.9 Å². The third kappa shape index (κ3) is 3.66. The van der Waals surface area contributed by atoms with Gasteiger partial charge in [0, 0.05) is 24.1 Å². The maximum absolute atomic E-state index is 8.78. The predicted octanol–water partition coefficient (Wildman–Crippen LogP) is 3.42. The molecular weight excluding hydrogens is 304 g/mol. The van der Waals surface area contributed by atoms with E-state index in [4.69, 9.17) is 10.2 Å². The SMILES string of the molecule is CC(C)(C)c1nc(Br)cc(N(CCC#N)C2CC2)n1. The number of anilines is 1. The van der Waals surface area contributed by atoms with Gasteiger partial charge in [0.2, 0.25) is 0 Å². The first-order valence-corrected chi connectivity index (χ1v) is 7.40. The van der Waals surface area contributed by atoms with Crippen molar-refractivity contribution in [3.8, 4) is 6.07 Å². The Hall–Kier alpha value is -1.15. The van der Waals surface area contributed by atoms with Crippen molar-refractivity contribution < 1.29 is 0 Å². The molecule has 0 spiro atoms. The zero-order chi connectivity index (χ0) is 14.0. The van der Waals surface area contributed by atoms with Gasteiger partial charge in [0.05, 0.1) is 12.5 Å². The molecule has 1 aromatic heterocycles. The highest BCUT2D eigenvalue weighted by atomic mass is 79.9. The lowest BCUT2D eigenvalue weighted by Gasteiger charge is -2.25. The van der Waals surface area contributed by atoms with Crippen molar-refractivity contribution >= 4 is 21.7 Å². The third-order valence-electron chi connectivity index (χ3n) is 3.10. The number of hydrogen-bond donors (Lipinski definition) is 0. The normalized spacial score (nSPS) is 15.1. The fraction of sp³-hybridized carbons (Fsp3) is 0.643. The summed E-state index contributed by atoms with van der Waals surface area (Å²) in [7, 11) is 0. The molecule has 0 unspecified atom stereocenters. The van der Waals surface area contributed by atoms with Gasteiger partial charge in [-0.25, -0.2) is 9.97 Å². The highest BCUT2D eigenvalue weighted by molar-refractivity contribution is 9.10. The summed E-state index contributed by atoms with van der Waals surface area (Å²) in [6.45, 7) is 7.06. The minimum absolute atomic E-state index is 0.0804. The van der Waals surface area contributed by atoms with Gasteiger partial charge in [0.15, 0.2) is 0 Å². The van der Waals surface area contributed by atoms with Crippen molar-refractivity contribution in [2.45, 2.75) is 51.5 Å². The first kappa shape index (κ1) is 14.3. The minimum atomic E-state index is -0.0804. The molecule has 1 heterocycles. The first-order valence-electron chi connectivity index (χ1n) is 6.60. The lowest BCUT2D eigenvalue weighted by molar-refractivity contribution is 0.541. The molecule has 0 N–H and O–H groups in total. The molecule has 1 saturated carbocycles. The fourth-order valence-electron chi connectivity index (χ4n) is 1.93. The van der Waals surface area contributed by atoms with E-state index in [1.165, 1.54) is 12.8 Å². The standard InChI is InChI=1S/C14H19BrN4/c1-14(2,3)13-17-11(15)9-12(18-13)19(8-4-7-16)10-5-6-10/h9-10H,4-6,8H2,1-3H3. The van der Waals surface area contributed by atoms with E-state index in [-0.39, 0.29) is 5.41 Å². The van der Waals surface area contributed by atoms with Gasteiger partial charge < -0.3 is 4.90 Å². The van der Waals surface area contributed by atoms with Crippen LogP contribution in [-0.2, 0) is 5.41 Å². The molecule has 1 aliphatic carbocycles. The van der Waals surface area contributed by atoms with Crippen LogP contribution in [-0.4, -0.2) is 22.6 Å². The average Bonchev–Trinajstić information content (AvgIpc) is 3.12. The van der Waals surface area contributed by atoms with E-state index in [0.717, 1.165) is 22.8 Å². The second kappa shape index (κ2) is 5.46. The van der Waals surface area contributed by atoms with Crippen LogP contribution in [0.1, 0.15) is 45.9 Å². The predicted molar refractivity (Wildman–Crippen MR) is 79.0 cm³/mol. The van der Waals surface area contributed by atoms with Crippen LogP contribution in [0.5, 0.6) is 0 Å². The molecule has 1 aliphatic rings. The van der Waals surface area contributed by atoms with Gasteiger partial charge in [-0.1, -0.05) is 20.8 Å². The van der Waals surface area contributed by atoms with E-state index in [9.17, 15) is 0 Å². The van der Waals surface area contributed by atoms with E-state index in [1.54, 1.807) is 0 Å². The Bertz CT molecular complexity index is 497. The molecule has 19 heavy (non-hydrogen) atoms. The zero-order valence-electron chi connectivity index (χ0n) is 11.6. The molecule has 0 saturated heterocycles.